The van der Waals surface area contributed by atoms with E-state index in [4.69, 9.17) is 4.74 Å². The van der Waals surface area contributed by atoms with E-state index >= 15 is 0 Å². The molecule has 21 heavy (non-hydrogen) atoms. The summed E-state index contributed by atoms with van der Waals surface area (Å²) < 4.78 is 31.1. The Balaban J connectivity index is 1.82. The van der Waals surface area contributed by atoms with Gasteiger partial charge in [0, 0.05) is 23.3 Å². The molecule has 0 amide bonds. The zero-order chi connectivity index (χ0) is 14.7. The first-order valence-corrected chi connectivity index (χ1v) is 10.4. The molecule has 2 aliphatic heterocycles. The van der Waals surface area contributed by atoms with Gasteiger partial charge < -0.3 is 4.74 Å². The highest BCUT2D eigenvalue weighted by Crippen LogP contribution is 2.58. The summed E-state index contributed by atoms with van der Waals surface area (Å²) >= 11 is 3.69. The molecule has 2 heterocycles. The van der Waals surface area contributed by atoms with Crippen LogP contribution in [0.5, 0.6) is 0 Å². The Morgan fingerprint density at radius 2 is 2.05 bits per heavy atom. The first kappa shape index (κ1) is 14.2. The molecule has 3 unspecified atom stereocenters. The van der Waals surface area contributed by atoms with Crippen LogP contribution in [0.2, 0.25) is 0 Å². The number of alkyl halides is 1. The van der Waals surface area contributed by atoms with Crippen LogP contribution in [-0.2, 0) is 14.6 Å². The summed E-state index contributed by atoms with van der Waals surface area (Å²) in [5.74, 6) is 0.927. The Morgan fingerprint density at radius 1 is 1.29 bits per heavy atom. The van der Waals surface area contributed by atoms with Gasteiger partial charge in [-0.2, -0.15) is 0 Å². The van der Waals surface area contributed by atoms with Crippen LogP contribution in [0.3, 0.4) is 0 Å². The number of benzene rings is 1. The van der Waals surface area contributed by atoms with Crippen LogP contribution in [0.1, 0.15) is 30.7 Å². The van der Waals surface area contributed by atoms with Crippen molar-refractivity contribution in [3.8, 4) is 0 Å². The molecule has 1 aromatic rings. The molecule has 1 aliphatic carbocycles. The average Bonchev–Trinajstić information content (AvgIpc) is 3.17. The van der Waals surface area contributed by atoms with Gasteiger partial charge in [0.25, 0.3) is 0 Å². The van der Waals surface area contributed by atoms with E-state index in [1.807, 2.05) is 18.2 Å². The molecule has 0 N–H and O–H groups in total. The van der Waals surface area contributed by atoms with E-state index in [-0.39, 0.29) is 23.2 Å². The van der Waals surface area contributed by atoms with Crippen LogP contribution in [0, 0.1) is 11.3 Å². The number of hydrogen-bond acceptors (Lipinski definition) is 3. The summed E-state index contributed by atoms with van der Waals surface area (Å²) in [4.78, 5) is 0.539. The number of sulfone groups is 1. The van der Waals surface area contributed by atoms with Crippen molar-refractivity contribution in [1.82, 2.24) is 0 Å². The van der Waals surface area contributed by atoms with Crippen molar-refractivity contribution < 1.29 is 13.2 Å². The van der Waals surface area contributed by atoms with Crippen molar-refractivity contribution in [2.24, 2.45) is 11.3 Å². The van der Waals surface area contributed by atoms with E-state index in [0.717, 1.165) is 23.9 Å². The molecule has 3 atom stereocenters. The van der Waals surface area contributed by atoms with Crippen LogP contribution in [0.25, 0.3) is 0 Å². The Morgan fingerprint density at radius 3 is 2.76 bits per heavy atom. The third kappa shape index (κ3) is 2.04. The van der Waals surface area contributed by atoms with Crippen molar-refractivity contribution in [2.45, 2.75) is 36.2 Å². The summed E-state index contributed by atoms with van der Waals surface area (Å²) in [6.07, 6.45) is 3.61. The van der Waals surface area contributed by atoms with E-state index < -0.39 is 9.84 Å². The number of rotatable bonds is 3. The zero-order valence-electron chi connectivity index (χ0n) is 11.8. The minimum absolute atomic E-state index is 0.0613. The number of fused-ring (bicyclic) bond motifs is 1. The number of hydrogen-bond donors (Lipinski definition) is 0. The second-order valence-electron chi connectivity index (χ2n) is 6.62. The van der Waals surface area contributed by atoms with Gasteiger partial charge in [0.2, 0.25) is 0 Å². The molecule has 1 aromatic carbocycles. The fraction of sp³-hybridized carbons (Fsp3) is 0.625. The van der Waals surface area contributed by atoms with Crippen LogP contribution in [-0.4, -0.2) is 32.2 Å². The summed E-state index contributed by atoms with van der Waals surface area (Å²) in [7, 11) is -3.15. The SMILES string of the molecule is O=S1(=O)CC(C2(CBr)CCOC2C2CC2)c2ccccc21. The number of ether oxygens (including phenoxy) is 1. The first-order chi connectivity index (χ1) is 10.1. The quantitative estimate of drug-likeness (QED) is 0.767. The molecule has 2 fully saturated rings. The maximum Gasteiger partial charge on any atom is 0.179 e. The Hall–Kier alpha value is -0.390. The highest BCUT2D eigenvalue weighted by Gasteiger charge is 2.57. The van der Waals surface area contributed by atoms with Crippen molar-refractivity contribution in [2.75, 3.05) is 17.7 Å². The Labute approximate surface area is 134 Å². The highest BCUT2D eigenvalue weighted by molar-refractivity contribution is 9.09. The van der Waals surface area contributed by atoms with E-state index in [2.05, 4.69) is 15.9 Å². The summed E-state index contributed by atoms with van der Waals surface area (Å²) in [5.41, 5.74) is 0.939. The lowest BCUT2D eigenvalue weighted by atomic mass is 9.68. The molecule has 0 spiro atoms. The fourth-order valence-corrected chi connectivity index (χ4v) is 7.20. The molecule has 5 heteroatoms. The van der Waals surface area contributed by atoms with Gasteiger partial charge in [0.15, 0.2) is 9.84 Å². The Kier molecular flexibility index (Phi) is 3.25. The van der Waals surface area contributed by atoms with E-state index in [1.165, 1.54) is 12.8 Å². The van der Waals surface area contributed by atoms with Crippen LogP contribution >= 0.6 is 15.9 Å². The molecule has 1 saturated heterocycles. The summed E-state index contributed by atoms with van der Waals surface area (Å²) in [6, 6.07) is 7.53. The lowest BCUT2D eigenvalue weighted by molar-refractivity contribution is 0.0322. The minimum Gasteiger partial charge on any atom is -0.377 e. The second-order valence-corrected chi connectivity index (χ2v) is 9.18. The molecule has 0 radical (unpaired) electrons. The third-order valence-corrected chi connectivity index (χ3v) is 8.30. The third-order valence-electron chi connectivity index (χ3n) is 5.44. The molecule has 1 saturated carbocycles. The van der Waals surface area contributed by atoms with Crippen molar-refractivity contribution in [3.05, 3.63) is 29.8 Å². The van der Waals surface area contributed by atoms with Gasteiger partial charge in [-0.15, -0.1) is 0 Å². The van der Waals surface area contributed by atoms with Crippen LogP contribution in [0.15, 0.2) is 29.2 Å². The fourth-order valence-electron chi connectivity index (χ4n) is 4.22. The molecular weight excluding hydrogens is 352 g/mol. The monoisotopic (exact) mass is 370 g/mol. The van der Waals surface area contributed by atoms with Gasteiger partial charge >= 0.3 is 0 Å². The normalized spacial score (nSPS) is 37.6. The smallest absolute Gasteiger partial charge is 0.179 e. The summed E-state index contributed by atoms with van der Waals surface area (Å²) in [6.45, 7) is 0.755. The van der Waals surface area contributed by atoms with Crippen molar-refractivity contribution in [3.63, 3.8) is 0 Å². The van der Waals surface area contributed by atoms with E-state index in [9.17, 15) is 8.42 Å². The average molecular weight is 371 g/mol. The van der Waals surface area contributed by atoms with Gasteiger partial charge in [0.05, 0.1) is 16.8 Å². The maximum atomic E-state index is 12.5. The number of halogens is 1. The van der Waals surface area contributed by atoms with Gasteiger partial charge in [-0.3, -0.25) is 0 Å². The lowest BCUT2D eigenvalue weighted by Gasteiger charge is -2.38. The second kappa shape index (κ2) is 4.80. The molecule has 114 valence electrons. The van der Waals surface area contributed by atoms with Gasteiger partial charge in [-0.1, -0.05) is 34.1 Å². The lowest BCUT2D eigenvalue weighted by Crippen LogP contribution is -2.41. The zero-order valence-corrected chi connectivity index (χ0v) is 14.2. The minimum atomic E-state index is -3.15. The van der Waals surface area contributed by atoms with Crippen molar-refractivity contribution >= 4 is 25.8 Å². The topological polar surface area (TPSA) is 43.4 Å². The van der Waals surface area contributed by atoms with Gasteiger partial charge in [0.1, 0.15) is 0 Å². The predicted octanol–water partition coefficient (Wildman–Crippen LogP) is 3.14. The molecular formula is C16H19BrO3S. The summed E-state index contributed by atoms with van der Waals surface area (Å²) in [5, 5.41) is 0.815. The molecule has 3 aliphatic rings. The van der Waals surface area contributed by atoms with Gasteiger partial charge in [-0.25, -0.2) is 8.42 Å². The van der Waals surface area contributed by atoms with Crippen molar-refractivity contribution in [1.29, 1.82) is 0 Å². The standard InChI is InChI=1S/C16H19BrO3S/c17-10-16(7-8-20-15(16)11-5-6-11)13-9-21(18,19)14-4-2-1-3-12(13)14/h1-4,11,13,15H,5-10H2. The van der Waals surface area contributed by atoms with Crippen LogP contribution < -0.4 is 0 Å². The molecule has 4 rings (SSSR count). The molecule has 0 bridgehead atoms. The maximum absolute atomic E-state index is 12.5. The molecule has 3 nitrogen and oxygen atoms in total. The van der Waals surface area contributed by atoms with E-state index in [0.29, 0.717) is 10.8 Å². The highest BCUT2D eigenvalue weighted by atomic mass is 79.9. The molecule has 0 aromatic heterocycles. The predicted molar refractivity (Wildman–Crippen MR) is 84.5 cm³/mol. The van der Waals surface area contributed by atoms with Gasteiger partial charge in [-0.05, 0) is 36.8 Å². The van der Waals surface area contributed by atoms with E-state index in [1.54, 1.807) is 6.07 Å². The Bertz CT molecular complexity index is 668. The van der Waals surface area contributed by atoms with Crippen LogP contribution in [0.4, 0.5) is 0 Å². The largest absolute Gasteiger partial charge is 0.377 e. The first-order valence-electron chi connectivity index (χ1n) is 7.58.